The van der Waals surface area contributed by atoms with Gasteiger partial charge in [0.2, 0.25) is 0 Å². The Kier molecular flexibility index (Phi) is 4.95. The molecule has 0 bridgehead atoms. The predicted octanol–water partition coefficient (Wildman–Crippen LogP) is 3.82. The average Bonchev–Trinajstić information content (AvgIpc) is 2.83. The second kappa shape index (κ2) is 6.48. The van der Waals surface area contributed by atoms with E-state index < -0.39 is 0 Å². The summed E-state index contributed by atoms with van der Waals surface area (Å²) in [6.07, 6.45) is 2.03. The van der Waals surface area contributed by atoms with Gasteiger partial charge in [0.05, 0.1) is 6.04 Å². The van der Waals surface area contributed by atoms with E-state index in [-0.39, 0.29) is 6.04 Å². The second-order valence-corrected chi connectivity index (χ2v) is 6.37. The summed E-state index contributed by atoms with van der Waals surface area (Å²) in [6, 6.07) is 12.8. The van der Waals surface area contributed by atoms with Crippen LogP contribution in [0.15, 0.2) is 40.9 Å². The Bertz CT molecular complexity index is 510. The van der Waals surface area contributed by atoms with Crippen LogP contribution < -0.4 is 11.3 Å². The molecule has 0 aliphatic rings. The fraction of sp³-hybridized carbons (Fsp3) is 0.286. The van der Waals surface area contributed by atoms with Gasteiger partial charge in [-0.25, -0.2) is 0 Å². The number of benzene rings is 1. The van der Waals surface area contributed by atoms with E-state index in [1.54, 1.807) is 0 Å². The number of hydrazine groups is 1. The third-order valence-corrected chi connectivity index (χ3v) is 4.67. The Morgan fingerprint density at radius 1 is 1.28 bits per heavy atom. The van der Waals surface area contributed by atoms with Crippen molar-refractivity contribution < 1.29 is 0 Å². The predicted molar refractivity (Wildman–Crippen MR) is 81.6 cm³/mol. The molecule has 0 fully saturated rings. The summed E-state index contributed by atoms with van der Waals surface area (Å²) in [6.45, 7) is 2.18. The van der Waals surface area contributed by atoms with Gasteiger partial charge in [-0.15, -0.1) is 11.3 Å². The third-order valence-electron chi connectivity index (χ3n) is 2.92. The van der Waals surface area contributed by atoms with Crippen LogP contribution in [0, 0.1) is 0 Å². The maximum absolute atomic E-state index is 5.68. The molecule has 0 saturated heterocycles. The summed E-state index contributed by atoms with van der Waals surface area (Å²) >= 11 is 5.36. The molecular formula is C14H17BrN2S. The molecule has 0 aliphatic heterocycles. The molecule has 0 radical (unpaired) electrons. The molecule has 3 N–H and O–H groups in total. The Balaban J connectivity index is 2.14. The van der Waals surface area contributed by atoms with Gasteiger partial charge in [-0.3, -0.25) is 11.3 Å². The van der Waals surface area contributed by atoms with Gasteiger partial charge in [0.15, 0.2) is 0 Å². The van der Waals surface area contributed by atoms with Crippen LogP contribution in [0.1, 0.15) is 28.3 Å². The van der Waals surface area contributed by atoms with E-state index >= 15 is 0 Å². The lowest BCUT2D eigenvalue weighted by Gasteiger charge is -2.15. The van der Waals surface area contributed by atoms with Crippen LogP contribution in [0.25, 0.3) is 0 Å². The highest BCUT2D eigenvalue weighted by molar-refractivity contribution is 9.10. The van der Waals surface area contributed by atoms with Crippen molar-refractivity contribution in [2.24, 2.45) is 5.84 Å². The molecule has 1 unspecified atom stereocenters. The number of nitrogens with one attached hydrogen (secondary N) is 1. The van der Waals surface area contributed by atoms with Crippen LogP contribution >= 0.6 is 27.3 Å². The number of rotatable bonds is 5. The summed E-state index contributed by atoms with van der Waals surface area (Å²) in [7, 11) is 0. The Morgan fingerprint density at radius 2 is 2.06 bits per heavy atom. The highest BCUT2D eigenvalue weighted by Gasteiger charge is 2.12. The van der Waals surface area contributed by atoms with Gasteiger partial charge in [0.1, 0.15) is 0 Å². The first-order chi connectivity index (χ1) is 8.72. The van der Waals surface area contributed by atoms with E-state index in [1.807, 2.05) is 23.5 Å². The summed E-state index contributed by atoms with van der Waals surface area (Å²) in [5, 5.41) is 0. The monoisotopic (exact) mass is 324 g/mol. The van der Waals surface area contributed by atoms with Gasteiger partial charge in [-0.1, -0.05) is 35.0 Å². The van der Waals surface area contributed by atoms with E-state index in [9.17, 15) is 0 Å². The van der Waals surface area contributed by atoms with E-state index in [0.29, 0.717) is 0 Å². The van der Waals surface area contributed by atoms with Crippen molar-refractivity contribution in [3.05, 3.63) is 56.2 Å². The molecule has 4 heteroatoms. The molecule has 1 aromatic carbocycles. The fourth-order valence-corrected chi connectivity index (χ4v) is 3.34. The second-order valence-electron chi connectivity index (χ2n) is 4.20. The molecule has 0 saturated carbocycles. The fourth-order valence-electron chi connectivity index (χ4n) is 1.92. The lowest BCUT2D eigenvalue weighted by atomic mass is 10.0. The minimum Gasteiger partial charge on any atom is -0.271 e. The summed E-state index contributed by atoms with van der Waals surface area (Å²) in [5.41, 5.74) is 4.11. The van der Waals surface area contributed by atoms with Crippen molar-refractivity contribution in [2.45, 2.75) is 25.8 Å². The number of hydrogen-bond donors (Lipinski definition) is 2. The molecule has 96 valence electrons. The summed E-state index contributed by atoms with van der Waals surface area (Å²) in [4.78, 5) is 2.80. The van der Waals surface area contributed by atoms with E-state index in [2.05, 4.69) is 52.5 Å². The molecule has 2 rings (SSSR count). The molecule has 0 spiro atoms. The van der Waals surface area contributed by atoms with Crippen molar-refractivity contribution in [3.8, 4) is 0 Å². The highest BCUT2D eigenvalue weighted by Crippen LogP contribution is 2.25. The molecule has 18 heavy (non-hydrogen) atoms. The van der Waals surface area contributed by atoms with Crippen LogP contribution in [0.5, 0.6) is 0 Å². The van der Waals surface area contributed by atoms with Crippen molar-refractivity contribution in [1.29, 1.82) is 0 Å². The van der Waals surface area contributed by atoms with Crippen molar-refractivity contribution in [2.75, 3.05) is 0 Å². The molecule has 0 aliphatic carbocycles. The van der Waals surface area contributed by atoms with E-state index in [0.717, 1.165) is 17.3 Å². The summed E-state index contributed by atoms with van der Waals surface area (Å²) < 4.78 is 1.08. The smallest absolute Gasteiger partial charge is 0.0508 e. The molecule has 1 heterocycles. The Morgan fingerprint density at radius 3 is 2.67 bits per heavy atom. The normalized spacial score (nSPS) is 12.6. The van der Waals surface area contributed by atoms with Crippen LogP contribution in [0.2, 0.25) is 0 Å². The van der Waals surface area contributed by atoms with Gasteiger partial charge in [0, 0.05) is 20.6 Å². The number of aryl methyl sites for hydroxylation is 1. The van der Waals surface area contributed by atoms with Crippen LogP contribution in [-0.2, 0) is 12.8 Å². The van der Waals surface area contributed by atoms with Gasteiger partial charge < -0.3 is 0 Å². The van der Waals surface area contributed by atoms with Crippen LogP contribution in [0.3, 0.4) is 0 Å². The number of nitrogens with two attached hydrogens (primary N) is 1. The topological polar surface area (TPSA) is 38.0 Å². The SMILES string of the molecule is CCc1ccc(CC(NN)c2cccc(Br)c2)s1. The highest BCUT2D eigenvalue weighted by atomic mass is 79.9. The zero-order chi connectivity index (χ0) is 13.0. The first-order valence-electron chi connectivity index (χ1n) is 6.02. The maximum atomic E-state index is 5.68. The van der Waals surface area contributed by atoms with Gasteiger partial charge in [-0.2, -0.15) is 0 Å². The maximum Gasteiger partial charge on any atom is 0.0508 e. The molecule has 2 aromatic rings. The van der Waals surface area contributed by atoms with Crippen molar-refractivity contribution in [3.63, 3.8) is 0 Å². The zero-order valence-electron chi connectivity index (χ0n) is 10.3. The minimum atomic E-state index is 0.158. The largest absolute Gasteiger partial charge is 0.271 e. The molecule has 2 nitrogen and oxygen atoms in total. The average molecular weight is 325 g/mol. The zero-order valence-corrected chi connectivity index (χ0v) is 12.7. The number of thiophene rings is 1. The molecular weight excluding hydrogens is 308 g/mol. The summed E-state index contributed by atoms with van der Waals surface area (Å²) in [5.74, 6) is 5.68. The van der Waals surface area contributed by atoms with Crippen molar-refractivity contribution >= 4 is 27.3 Å². The quantitative estimate of drug-likeness (QED) is 0.648. The van der Waals surface area contributed by atoms with E-state index in [4.69, 9.17) is 5.84 Å². The lowest BCUT2D eigenvalue weighted by molar-refractivity contribution is 0.555. The Hall–Kier alpha value is -0.680. The minimum absolute atomic E-state index is 0.158. The lowest BCUT2D eigenvalue weighted by Crippen LogP contribution is -2.29. The standard InChI is InChI=1S/C14H17BrN2S/c1-2-12-6-7-13(18-12)9-14(17-16)10-4-3-5-11(15)8-10/h3-8,14,17H,2,9,16H2,1H3. The van der Waals surface area contributed by atoms with Crippen LogP contribution in [-0.4, -0.2) is 0 Å². The Labute approximate surface area is 120 Å². The number of halogens is 1. The van der Waals surface area contributed by atoms with E-state index in [1.165, 1.54) is 15.3 Å². The molecule has 1 atom stereocenters. The first kappa shape index (κ1) is 13.7. The van der Waals surface area contributed by atoms with Gasteiger partial charge in [-0.05, 0) is 36.2 Å². The van der Waals surface area contributed by atoms with Crippen LogP contribution in [0.4, 0.5) is 0 Å². The van der Waals surface area contributed by atoms with Gasteiger partial charge in [0.25, 0.3) is 0 Å². The number of hydrogen-bond acceptors (Lipinski definition) is 3. The van der Waals surface area contributed by atoms with Gasteiger partial charge >= 0.3 is 0 Å². The molecule has 0 amide bonds. The van der Waals surface area contributed by atoms with Crippen molar-refractivity contribution in [1.82, 2.24) is 5.43 Å². The first-order valence-corrected chi connectivity index (χ1v) is 7.63. The third kappa shape index (κ3) is 3.42. The molecule has 1 aromatic heterocycles.